The normalized spacial score (nSPS) is 17.5. The Labute approximate surface area is 169 Å². The van der Waals surface area contributed by atoms with Crippen molar-refractivity contribution in [3.63, 3.8) is 0 Å². The number of aromatic amines is 1. The molecular weight excluding hydrogens is 398 g/mol. The lowest BCUT2D eigenvalue weighted by atomic mass is 9.89. The molecule has 7 nitrogen and oxygen atoms in total. The number of carbonyl (C=O) groups excluding carboxylic acids is 1. The number of aromatic nitrogens is 3. The van der Waals surface area contributed by atoms with E-state index in [9.17, 15) is 14.4 Å². The van der Waals surface area contributed by atoms with Gasteiger partial charge in [-0.2, -0.15) is 0 Å². The average Bonchev–Trinajstić information content (AvgIpc) is 3.15. The standard InChI is InChI=1S/C19H21N3O4S2/c1-9-4-5-12-13(6-9)28-18-15(12)17(24)20-16(21-18)11(3)26-14(23)7-22-10(2)8-27-19(22)25/h8-9,11H,4-7H2,1-3H3,(H,20,21,24)/t9-,11-/m0/s1. The molecule has 0 spiro atoms. The van der Waals surface area contributed by atoms with Gasteiger partial charge in [-0.25, -0.2) is 4.98 Å². The number of hydrogen-bond acceptors (Lipinski definition) is 7. The number of nitrogens with zero attached hydrogens (tertiary/aromatic N) is 2. The molecule has 0 fully saturated rings. The molecule has 0 amide bonds. The number of thiophene rings is 1. The van der Waals surface area contributed by atoms with Crippen molar-refractivity contribution >= 4 is 38.9 Å². The van der Waals surface area contributed by atoms with E-state index >= 15 is 0 Å². The van der Waals surface area contributed by atoms with E-state index in [1.54, 1.807) is 30.6 Å². The van der Waals surface area contributed by atoms with Crippen LogP contribution in [0.3, 0.4) is 0 Å². The lowest BCUT2D eigenvalue weighted by molar-refractivity contribution is -0.149. The highest BCUT2D eigenvalue weighted by molar-refractivity contribution is 7.18. The summed E-state index contributed by atoms with van der Waals surface area (Å²) in [5.41, 5.74) is 1.65. The van der Waals surface area contributed by atoms with Crippen LogP contribution in [0, 0.1) is 12.8 Å². The van der Waals surface area contributed by atoms with Gasteiger partial charge in [0.2, 0.25) is 0 Å². The molecule has 1 N–H and O–H groups in total. The molecule has 0 unspecified atom stereocenters. The molecule has 148 valence electrons. The number of rotatable bonds is 4. The third-order valence-electron chi connectivity index (χ3n) is 5.14. The molecule has 4 rings (SSSR count). The smallest absolute Gasteiger partial charge is 0.326 e. The van der Waals surface area contributed by atoms with Crippen molar-refractivity contribution in [1.82, 2.24) is 14.5 Å². The van der Waals surface area contributed by atoms with Crippen LogP contribution in [-0.2, 0) is 28.9 Å². The summed E-state index contributed by atoms with van der Waals surface area (Å²) in [5.74, 6) is 0.396. The van der Waals surface area contributed by atoms with Crippen molar-refractivity contribution in [3.05, 3.63) is 47.4 Å². The van der Waals surface area contributed by atoms with Gasteiger partial charge >= 0.3 is 10.8 Å². The van der Waals surface area contributed by atoms with E-state index in [1.165, 1.54) is 9.44 Å². The number of nitrogens with one attached hydrogen (secondary N) is 1. The zero-order valence-corrected chi connectivity index (χ0v) is 17.5. The van der Waals surface area contributed by atoms with Crippen LogP contribution in [0.4, 0.5) is 0 Å². The molecule has 3 heterocycles. The third-order valence-corrected chi connectivity index (χ3v) is 7.17. The van der Waals surface area contributed by atoms with E-state index in [-0.39, 0.29) is 17.0 Å². The summed E-state index contributed by atoms with van der Waals surface area (Å²) in [6.07, 6.45) is 2.25. The molecule has 3 aromatic rings. The molecule has 1 aliphatic carbocycles. The average molecular weight is 420 g/mol. The van der Waals surface area contributed by atoms with Crippen molar-refractivity contribution in [2.75, 3.05) is 0 Å². The van der Waals surface area contributed by atoms with Crippen LogP contribution in [0.25, 0.3) is 10.2 Å². The van der Waals surface area contributed by atoms with Crippen molar-refractivity contribution in [1.29, 1.82) is 0 Å². The number of thiazole rings is 1. The molecule has 1 aliphatic rings. The highest BCUT2D eigenvalue weighted by Crippen LogP contribution is 2.35. The second kappa shape index (κ2) is 7.29. The summed E-state index contributed by atoms with van der Waals surface area (Å²) in [6, 6.07) is 0. The molecule has 0 bridgehead atoms. The van der Waals surface area contributed by atoms with Gasteiger partial charge in [-0.3, -0.25) is 19.0 Å². The summed E-state index contributed by atoms with van der Waals surface area (Å²) < 4.78 is 6.79. The van der Waals surface area contributed by atoms with Crippen molar-refractivity contribution in [2.24, 2.45) is 5.92 Å². The molecule has 0 saturated heterocycles. The summed E-state index contributed by atoms with van der Waals surface area (Å²) in [6.45, 7) is 5.50. The Kier molecular flexibility index (Phi) is 4.96. The first kappa shape index (κ1) is 19.1. The minimum Gasteiger partial charge on any atom is -0.453 e. The summed E-state index contributed by atoms with van der Waals surface area (Å²) in [5, 5.41) is 2.38. The predicted molar refractivity (Wildman–Crippen MR) is 109 cm³/mol. The monoisotopic (exact) mass is 419 g/mol. The van der Waals surface area contributed by atoms with Crippen molar-refractivity contribution < 1.29 is 9.53 Å². The fourth-order valence-corrected chi connectivity index (χ4v) is 5.70. The zero-order chi connectivity index (χ0) is 20.0. The van der Waals surface area contributed by atoms with Gasteiger partial charge in [0, 0.05) is 16.0 Å². The number of esters is 1. The Bertz CT molecular complexity index is 1170. The van der Waals surface area contributed by atoms with Crippen LogP contribution in [-0.4, -0.2) is 20.5 Å². The van der Waals surface area contributed by atoms with Gasteiger partial charge in [0.1, 0.15) is 11.4 Å². The van der Waals surface area contributed by atoms with Crippen LogP contribution < -0.4 is 10.4 Å². The van der Waals surface area contributed by atoms with Crippen LogP contribution in [0.15, 0.2) is 15.0 Å². The molecule has 2 atom stereocenters. The topological polar surface area (TPSA) is 94.0 Å². The first-order valence-electron chi connectivity index (χ1n) is 9.22. The van der Waals surface area contributed by atoms with E-state index in [1.807, 2.05) is 0 Å². The van der Waals surface area contributed by atoms with Crippen LogP contribution in [0.2, 0.25) is 0 Å². The van der Waals surface area contributed by atoms with E-state index in [4.69, 9.17) is 4.74 Å². The Balaban J connectivity index is 1.58. The molecule has 0 aliphatic heterocycles. The van der Waals surface area contributed by atoms with Gasteiger partial charge in [-0.05, 0) is 44.6 Å². The number of H-pyrrole nitrogens is 1. The van der Waals surface area contributed by atoms with Crippen molar-refractivity contribution in [3.8, 4) is 0 Å². The quantitative estimate of drug-likeness (QED) is 0.656. The highest BCUT2D eigenvalue weighted by atomic mass is 32.1. The van der Waals surface area contributed by atoms with Crippen molar-refractivity contribution in [2.45, 2.75) is 52.7 Å². The number of aryl methyl sites for hydroxylation is 2. The van der Waals surface area contributed by atoms with Crippen LogP contribution in [0.5, 0.6) is 0 Å². The van der Waals surface area contributed by atoms with E-state index in [0.29, 0.717) is 27.7 Å². The lowest BCUT2D eigenvalue weighted by Crippen LogP contribution is -2.24. The first-order valence-corrected chi connectivity index (χ1v) is 10.9. The second-order valence-electron chi connectivity index (χ2n) is 7.34. The minimum absolute atomic E-state index is 0.157. The summed E-state index contributed by atoms with van der Waals surface area (Å²) in [7, 11) is 0. The Hall–Kier alpha value is -2.26. The molecule has 28 heavy (non-hydrogen) atoms. The van der Waals surface area contributed by atoms with E-state index in [0.717, 1.165) is 36.2 Å². The van der Waals surface area contributed by atoms with Gasteiger partial charge in [-0.1, -0.05) is 18.3 Å². The molecule has 0 aromatic carbocycles. The second-order valence-corrected chi connectivity index (χ2v) is 9.25. The fourth-order valence-electron chi connectivity index (χ4n) is 3.57. The molecule has 0 radical (unpaired) electrons. The van der Waals surface area contributed by atoms with Gasteiger partial charge in [0.15, 0.2) is 11.9 Å². The van der Waals surface area contributed by atoms with Gasteiger partial charge < -0.3 is 9.72 Å². The van der Waals surface area contributed by atoms with Gasteiger partial charge in [-0.15, -0.1) is 11.3 Å². The van der Waals surface area contributed by atoms with E-state index in [2.05, 4.69) is 16.9 Å². The Morgan fingerprint density at radius 3 is 2.96 bits per heavy atom. The minimum atomic E-state index is -0.711. The number of carbonyl (C=O) groups is 1. The highest BCUT2D eigenvalue weighted by Gasteiger charge is 2.24. The Morgan fingerprint density at radius 1 is 1.46 bits per heavy atom. The van der Waals surface area contributed by atoms with Crippen LogP contribution >= 0.6 is 22.7 Å². The van der Waals surface area contributed by atoms with Gasteiger partial charge in [0.25, 0.3) is 5.56 Å². The maximum Gasteiger partial charge on any atom is 0.326 e. The maximum absolute atomic E-state index is 12.7. The third kappa shape index (κ3) is 3.44. The predicted octanol–water partition coefficient (Wildman–Crippen LogP) is 2.95. The first-order chi connectivity index (χ1) is 13.3. The fraction of sp³-hybridized carbons (Fsp3) is 0.474. The number of fused-ring (bicyclic) bond motifs is 3. The maximum atomic E-state index is 12.7. The molecule has 0 saturated carbocycles. The zero-order valence-electron chi connectivity index (χ0n) is 15.9. The summed E-state index contributed by atoms with van der Waals surface area (Å²) in [4.78, 5) is 45.8. The molecule has 9 heteroatoms. The Morgan fingerprint density at radius 2 is 2.25 bits per heavy atom. The number of hydrogen-bond donors (Lipinski definition) is 1. The lowest BCUT2D eigenvalue weighted by Gasteiger charge is -2.17. The van der Waals surface area contributed by atoms with Crippen LogP contribution in [0.1, 0.15) is 48.3 Å². The SMILES string of the molecule is Cc1csc(=O)n1CC(=O)O[C@@H](C)c1nc2sc3c(c2c(=O)[nH]1)CC[C@H](C)C3. The molecular formula is C19H21N3O4S2. The largest absolute Gasteiger partial charge is 0.453 e. The van der Waals surface area contributed by atoms with E-state index < -0.39 is 12.1 Å². The number of ether oxygens (including phenoxy) is 1. The van der Waals surface area contributed by atoms with Gasteiger partial charge in [0.05, 0.1) is 5.39 Å². The molecule has 3 aromatic heterocycles. The summed E-state index contributed by atoms with van der Waals surface area (Å²) >= 11 is 2.61.